The molecular weight excluding hydrogens is 226 g/mol. The molecule has 0 amide bonds. The molecule has 0 spiro atoms. The molecule has 1 rings (SSSR count). The highest BCUT2D eigenvalue weighted by atomic mass is 35.5. The van der Waals surface area contributed by atoms with Crippen molar-refractivity contribution in [1.82, 2.24) is 0 Å². The quantitative estimate of drug-likeness (QED) is 0.856. The minimum atomic E-state index is -0.446. The third-order valence-electron chi connectivity index (χ3n) is 1.67. The van der Waals surface area contributed by atoms with Crippen molar-refractivity contribution >= 4 is 24.0 Å². The topological polar surface area (TPSA) is 49.8 Å². The summed E-state index contributed by atoms with van der Waals surface area (Å²) in [6.07, 6.45) is 0.172. The van der Waals surface area contributed by atoms with Crippen LogP contribution in [0, 0.1) is 17.1 Å². The second-order valence-electron chi connectivity index (χ2n) is 2.63. The molecule has 5 heteroatoms. The van der Waals surface area contributed by atoms with E-state index in [1.165, 1.54) is 18.2 Å². The molecule has 0 saturated heterocycles. The van der Waals surface area contributed by atoms with Crippen molar-refractivity contribution in [3.05, 3.63) is 34.6 Å². The summed E-state index contributed by atoms with van der Waals surface area (Å²) in [7, 11) is 0. The summed E-state index contributed by atoms with van der Waals surface area (Å²) in [5.41, 5.74) is 6.23. The van der Waals surface area contributed by atoms with Gasteiger partial charge in [0.05, 0.1) is 12.5 Å². The first-order valence-electron chi connectivity index (χ1n) is 3.72. The molecular formula is C9H9Cl2FN2. The number of nitrogens with two attached hydrogens (primary N) is 1. The lowest BCUT2D eigenvalue weighted by Crippen LogP contribution is -2.09. The lowest BCUT2D eigenvalue weighted by atomic mass is 10.1. The van der Waals surface area contributed by atoms with Gasteiger partial charge in [-0.05, 0) is 17.7 Å². The van der Waals surface area contributed by atoms with Crippen LogP contribution in [0.1, 0.15) is 18.0 Å². The highest BCUT2D eigenvalue weighted by Gasteiger charge is 2.09. The van der Waals surface area contributed by atoms with Crippen LogP contribution in [-0.4, -0.2) is 0 Å². The van der Waals surface area contributed by atoms with E-state index in [4.69, 9.17) is 22.6 Å². The molecule has 0 unspecified atom stereocenters. The molecule has 0 bridgehead atoms. The summed E-state index contributed by atoms with van der Waals surface area (Å²) in [6.45, 7) is 0. The summed E-state index contributed by atoms with van der Waals surface area (Å²) >= 11 is 5.73. The average molecular weight is 235 g/mol. The van der Waals surface area contributed by atoms with Crippen LogP contribution in [0.3, 0.4) is 0 Å². The Bertz CT molecular complexity index is 349. The van der Waals surface area contributed by atoms with Gasteiger partial charge in [-0.1, -0.05) is 17.7 Å². The maximum atomic E-state index is 12.6. The number of nitriles is 1. The summed E-state index contributed by atoms with van der Waals surface area (Å²) < 4.78 is 12.6. The van der Waals surface area contributed by atoms with Crippen molar-refractivity contribution in [1.29, 1.82) is 5.26 Å². The second-order valence-corrected chi connectivity index (χ2v) is 3.04. The van der Waals surface area contributed by atoms with Crippen LogP contribution < -0.4 is 5.73 Å². The van der Waals surface area contributed by atoms with Crippen LogP contribution in [0.4, 0.5) is 4.39 Å². The molecule has 1 aromatic rings. The minimum Gasteiger partial charge on any atom is -0.323 e. The second kappa shape index (κ2) is 5.82. The molecule has 14 heavy (non-hydrogen) atoms. The average Bonchev–Trinajstić information content (AvgIpc) is 2.04. The summed E-state index contributed by atoms with van der Waals surface area (Å²) in [5, 5.41) is 8.66. The van der Waals surface area contributed by atoms with Crippen LogP contribution in [0.5, 0.6) is 0 Å². The van der Waals surface area contributed by atoms with Gasteiger partial charge in [0.15, 0.2) is 0 Å². The molecule has 0 saturated carbocycles. The summed E-state index contributed by atoms with van der Waals surface area (Å²) in [4.78, 5) is 0. The predicted octanol–water partition coefficient (Wildman–Crippen LogP) is 2.81. The third-order valence-corrected chi connectivity index (χ3v) is 2.00. The van der Waals surface area contributed by atoms with E-state index in [1.54, 1.807) is 0 Å². The van der Waals surface area contributed by atoms with Crippen molar-refractivity contribution in [3.8, 4) is 6.07 Å². The summed E-state index contributed by atoms with van der Waals surface area (Å²) in [6, 6.07) is 5.45. The number of rotatable bonds is 2. The first-order chi connectivity index (χ1) is 6.15. The normalized spacial score (nSPS) is 11.3. The molecule has 1 atom stereocenters. The van der Waals surface area contributed by atoms with Crippen molar-refractivity contribution in [2.24, 2.45) is 5.73 Å². The van der Waals surface area contributed by atoms with E-state index in [0.717, 1.165) is 0 Å². The number of hydrogen-bond donors (Lipinski definition) is 1. The van der Waals surface area contributed by atoms with E-state index in [2.05, 4.69) is 0 Å². The molecule has 0 aliphatic heterocycles. The number of nitrogens with zero attached hydrogens (tertiary/aromatic N) is 1. The van der Waals surface area contributed by atoms with Gasteiger partial charge in [0.25, 0.3) is 0 Å². The zero-order valence-electron chi connectivity index (χ0n) is 7.21. The molecule has 76 valence electrons. The third kappa shape index (κ3) is 3.15. The molecule has 0 radical (unpaired) electrons. The highest BCUT2D eigenvalue weighted by Crippen LogP contribution is 2.23. The fourth-order valence-electron chi connectivity index (χ4n) is 1.01. The van der Waals surface area contributed by atoms with E-state index < -0.39 is 11.9 Å². The van der Waals surface area contributed by atoms with Gasteiger partial charge in [0.2, 0.25) is 0 Å². The predicted molar refractivity (Wildman–Crippen MR) is 55.8 cm³/mol. The maximum absolute atomic E-state index is 12.6. The SMILES string of the molecule is Cl.N#CC[C@H](N)c1ccc(F)cc1Cl. The Morgan fingerprint density at radius 2 is 2.21 bits per heavy atom. The molecule has 1 aromatic carbocycles. The smallest absolute Gasteiger partial charge is 0.124 e. The fourth-order valence-corrected chi connectivity index (χ4v) is 1.32. The monoisotopic (exact) mass is 234 g/mol. The number of benzene rings is 1. The molecule has 2 N–H and O–H groups in total. The highest BCUT2D eigenvalue weighted by molar-refractivity contribution is 6.31. The maximum Gasteiger partial charge on any atom is 0.124 e. The zero-order valence-corrected chi connectivity index (χ0v) is 8.78. The van der Waals surface area contributed by atoms with Gasteiger partial charge in [-0.25, -0.2) is 4.39 Å². The largest absolute Gasteiger partial charge is 0.323 e. The van der Waals surface area contributed by atoms with Gasteiger partial charge in [-0.15, -0.1) is 12.4 Å². The van der Waals surface area contributed by atoms with Crippen LogP contribution >= 0.6 is 24.0 Å². The lowest BCUT2D eigenvalue weighted by Gasteiger charge is -2.09. The molecule has 0 fully saturated rings. The Morgan fingerprint density at radius 1 is 1.57 bits per heavy atom. The van der Waals surface area contributed by atoms with Crippen molar-refractivity contribution in [2.45, 2.75) is 12.5 Å². The lowest BCUT2D eigenvalue weighted by molar-refractivity contribution is 0.625. The zero-order chi connectivity index (χ0) is 9.84. The molecule has 0 aliphatic rings. The van der Waals surface area contributed by atoms with Gasteiger partial charge in [0.1, 0.15) is 5.82 Å². The van der Waals surface area contributed by atoms with E-state index in [1.807, 2.05) is 6.07 Å². The van der Waals surface area contributed by atoms with Gasteiger partial charge in [-0.2, -0.15) is 5.26 Å². The number of hydrogen-bond acceptors (Lipinski definition) is 2. The standard InChI is InChI=1S/C9H8ClFN2.ClH/c10-8-5-6(11)1-2-7(8)9(13)3-4-12;/h1-2,5,9H,3,13H2;1H/t9-;/m0./s1. The molecule has 0 aromatic heterocycles. The van der Waals surface area contributed by atoms with Gasteiger partial charge in [0, 0.05) is 11.1 Å². The van der Waals surface area contributed by atoms with E-state index in [-0.39, 0.29) is 23.9 Å². The van der Waals surface area contributed by atoms with Gasteiger partial charge in [-0.3, -0.25) is 0 Å². The van der Waals surface area contributed by atoms with Crippen LogP contribution in [0.15, 0.2) is 18.2 Å². The Balaban J connectivity index is 0.00000169. The van der Waals surface area contributed by atoms with Crippen molar-refractivity contribution in [2.75, 3.05) is 0 Å². The fraction of sp³-hybridized carbons (Fsp3) is 0.222. The van der Waals surface area contributed by atoms with Crippen LogP contribution in [0.25, 0.3) is 0 Å². The molecule has 0 heterocycles. The Morgan fingerprint density at radius 3 is 2.71 bits per heavy atom. The van der Waals surface area contributed by atoms with E-state index in [9.17, 15) is 4.39 Å². The Kier molecular flexibility index (Phi) is 5.47. The van der Waals surface area contributed by atoms with Crippen LogP contribution in [-0.2, 0) is 0 Å². The molecule has 2 nitrogen and oxygen atoms in total. The van der Waals surface area contributed by atoms with Gasteiger partial charge >= 0.3 is 0 Å². The van der Waals surface area contributed by atoms with Crippen LogP contribution in [0.2, 0.25) is 5.02 Å². The van der Waals surface area contributed by atoms with Gasteiger partial charge < -0.3 is 5.73 Å². The Hall–Kier alpha value is -0.820. The molecule has 0 aliphatic carbocycles. The van der Waals surface area contributed by atoms with E-state index >= 15 is 0 Å². The first kappa shape index (κ1) is 13.2. The van der Waals surface area contributed by atoms with E-state index in [0.29, 0.717) is 5.56 Å². The van der Waals surface area contributed by atoms with Crippen molar-refractivity contribution in [3.63, 3.8) is 0 Å². The summed E-state index contributed by atoms with van der Waals surface area (Å²) in [5.74, 6) is -0.405. The minimum absolute atomic E-state index is 0. The number of halogens is 3. The first-order valence-corrected chi connectivity index (χ1v) is 4.10. The Labute approximate surface area is 92.9 Å². The van der Waals surface area contributed by atoms with Crippen molar-refractivity contribution < 1.29 is 4.39 Å².